The van der Waals surface area contributed by atoms with Gasteiger partial charge in [-0.1, -0.05) is 30.0 Å². The molecule has 1 saturated heterocycles. The summed E-state index contributed by atoms with van der Waals surface area (Å²) in [5.74, 6) is -2.50. The van der Waals surface area contributed by atoms with E-state index in [-0.39, 0.29) is 29.7 Å². The molecule has 2 aliphatic heterocycles. The molecule has 4 amide bonds. The van der Waals surface area contributed by atoms with E-state index in [0.717, 1.165) is 25.7 Å². The number of fused-ring (bicyclic) bond motifs is 1. The summed E-state index contributed by atoms with van der Waals surface area (Å²) < 4.78 is 0. The van der Waals surface area contributed by atoms with Gasteiger partial charge in [0.2, 0.25) is 0 Å². The van der Waals surface area contributed by atoms with Crippen molar-refractivity contribution in [3.8, 4) is 0 Å². The minimum atomic E-state index is -0.659. The van der Waals surface area contributed by atoms with Gasteiger partial charge >= 0.3 is 12.0 Å². The number of carbonyl (C=O) groups excluding carboxylic acids is 4. The van der Waals surface area contributed by atoms with Crippen molar-refractivity contribution in [1.29, 1.82) is 0 Å². The number of likely N-dealkylation sites (tertiary alicyclic amines) is 1. The quantitative estimate of drug-likeness (QED) is 0.804. The molecule has 8 nitrogen and oxygen atoms in total. The zero-order chi connectivity index (χ0) is 19.7. The summed E-state index contributed by atoms with van der Waals surface area (Å²) >= 11 is 0. The van der Waals surface area contributed by atoms with Crippen LogP contribution in [0.2, 0.25) is 0 Å². The molecule has 1 N–H and O–H groups in total. The number of rotatable bonds is 3. The number of carbonyl (C=O) groups is 4. The lowest BCUT2D eigenvalue weighted by atomic mass is 9.98. The first kappa shape index (κ1) is 18.5. The molecule has 1 aromatic carbocycles. The second kappa shape index (κ2) is 7.61. The van der Waals surface area contributed by atoms with Crippen LogP contribution in [-0.2, 0) is 9.63 Å². The summed E-state index contributed by atoms with van der Waals surface area (Å²) in [7, 11) is 0. The normalized spacial score (nSPS) is 22.4. The summed E-state index contributed by atoms with van der Waals surface area (Å²) in [5.41, 5.74) is 0.447. The van der Waals surface area contributed by atoms with E-state index in [0.29, 0.717) is 24.4 Å². The van der Waals surface area contributed by atoms with Crippen molar-refractivity contribution >= 4 is 23.8 Å². The molecule has 1 aromatic rings. The van der Waals surface area contributed by atoms with Crippen molar-refractivity contribution in [2.45, 2.75) is 44.6 Å². The van der Waals surface area contributed by atoms with Gasteiger partial charge in [-0.3, -0.25) is 9.59 Å². The zero-order valence-electron chi connectivity index (χ0n) is 15.6. The molecule has 1 unspecified atom stereocenters. The molecule has 0 radical (unpaired) electrons. The molecule has 8 heteroatoms. The molecule has 28 heavy (non-hydrogen) atoms. The number of nitrogens with one attached hydrogen (secondary N) is 1. The first-order valence-corrected chi connectivity index (χ1v) is 9.79. The molecule has 2 heterocycles. The van der Waals surface area contributed by atoms with Crippen LogP contribution >= 0.6 is 0 Å². The highest BCUT2D eigenvalue weighted by atomic mass is 16.7. The van der Waals surface area contributed by atoms with Crippen LogP contribution in [0.3, 0.4) is 0 Å². The molecule has 4 rings (SSSR count). The van der Waals surface area contributed by atoms with Gasteiger partial charge in [0.05, 0.1) is 17.0 Å². The predicted molar refractivity (Wildman–Crippen MR) is 98.1 cm³/mol. The maximum absolute atomic E-state index is 12.6. The van der Waals surface area contributed by atoms with Crippen molar-refractivity contribution in [3.63, 3.8) is 0 Å². The number of hydroxylamine groups is 2. The Labute approximate surface area is 162 Å². The molecule has 1 saturated carbocycles. The Morgan fingerprint density at radius 2 is 1.61 bits per heavy atom. The van der Waals surface area contributed by atoms with Gasteiger partial charge in [-0.05, 0) is 37.8 Å². The highest BCUT2D eigenvalue weighted by Gasteiger charge is 2.40. The van der Waals surface area contributed by atoms with Crippen LogP contribution in [0.5, 0.6) is 0 Å². The van der Waals surface area contributed by atoms with Crippen LogP contribution in [0, 0.1) is 5.92 Å². The van der Waals surface area contributed by atoms with Gasteiger partial charge < -0.3 is 15.1 Å². The van der Waals surface area contributed by atoms with Gasteiger partial charge in [0, 0.05) is 19.1 Å². The smallest absolute Gasteiger partial charge is 0.335 e. The number of hydrogen-bond donors (Lipinski definition) is 1. The topological polar surface area (TPSA) is 96.0 Å². The molecule has 148 valence electrons. The van der Waals surface area contributed by atoms with E-state index >= 15 is 0 Å². The largest absolute Gasteiger partial charge is 0.338 e. The number of nitrogens with zero attached hydrogens (tertiary/aromatic N) is 2. The SMILES string of the molecule is O=C(ON1C(=O)c2ccccc2C1=O)C1CCCN(C(=O)NC2CCCC2)C1. The van der Waals surface area contributed by atoms with Crippen LogP contribution in [0.4, 0.5) is 4.79 Å². The first-order chi connectivity index (χ1) is 13.5. The second-order valence-corrected chi connectivity index (χ2v) is 7.58. The molecule has 1 atom stereocenters. The summed E-state index contributed by atoms with van der Waals surface area (Å²) in [6.45, 7) is 0.801. The molecule has 1 aliphatic carbocycles. The van der Waals surface area contributed by atoms with Crippen molar-refractivity contribution < 1.29 is 24.0 Å². The van der Waals surface area contributed by atoms with Gasteiger partial charge in [0.1, 0.15) is 0 Å². The fourth-order valence-corrected chi connectivity index (χ4v) is 4.10. The van der Waals surface area contributed by atoms with E-state index in [1.165, 1.54) is 12.1 Å². The maximum atomic E-state index is 12.6. The number of imide groups is 1. The van der Waals surface area contributed by atoms with Crippen LogP contribution in [0.25, 0.3) is 0 Å². The number of benzene rings is 1. The maximum Gasteiger partial charge on any atom is 0.338 e. The molecule has 2 fully saturated rings. The minimum absolute atomic E-state index is 0.162. The van der Waals surface area contributed by atoms with E-state index in [1.54, 1.807) is 17.0 Å². The Morgan fingerprint density at radius 3 is 2.25 bits per heavy atom. The average molecular weight is 385 g/mol. The van der Waals surface area contributed by atoms with E-state index in [2.05, 4.69) is 5.32 Å². The van der Waals surface area contributed by atoms with Crippen LogP contribution < -0.4 is 5.32 Å². The van der Waals surface area contributed by atoms with Crippen molar-refractivity contribution in [3.05, 3.63) is 35.4 Å². The average Bonchev–Trinajstić information content (AvgIpc) is 3.31. The number of piperidine rings is 1. The van der Waals surface area contributed by atoms with Gasteiger partial charge in [0.25, 0.3) is 11.8 Å². The molecular weight excluding hydrogens is 362 g/mol. The van der Waals surface area contributed by atoms with Crippen molar-refractivity contribution in [2.75, 3.05) is 13.1 Å². The molecule has 0 spiro atoms. The van der Waals surface area contributed by atoms with E-state index in [1.807, 2.05) is 0 Å². The van der Waals surface area contributed by atoms with Crippen molar-refractivity contribution in [2.24, 2.45) is 5.92 Å². The number of hydrogen-bond acceptors (Lipinski definition) is 5. The summed E-state index contributed by atoms with van der Waals surface area (Å²) in [5, 5.41) is 3.56. The third-order valence-electron chi connectivity index (χ3n) is 5.66. The van der Waals surface area contributed by atoms with E-state index in [4.69, 9.17) is 4.84 Å². The summed E-state index contributed by atoms with van der Waals surface area (Å²) in [6, 6.07) is 6.40. The Bertz CT molecular complexity index is 783. The Kier molecular flexibility index (Phi) is 5.02. The second-order valence-electron chi connectivity index (χ2n) is 7.58. The standard InChI is InChI=1S/C20H23N3O5/c24-17-15-9-3-4-10-16(15)18(25)23(17)28-19(26)13-6-5-11-22(12-13)20(27)21-14-7-1-2-8-14/h3-4,9-10,13-14H,1-2,5-8,11-12H2,(H,21,27). The summed E-state index contributed by atoms with van der Waals surface area (Å²) in [4.78, 5) is 56.5. The van der Waals surface area contributed by atoms with Crippen molar-refractivity contribution in [1.82, 2.24) is 15.3 Å². The van der Waals surface area contributed by atoms with E-state index in [9.17, 15) is 19.2 Å². The Balaban J connectivity index is 1.36. The lowest BCUT2D eigenvalue weighted by molar-refractivity contribution is -0.175. The molecule has 0 aromatic heterocycles. The van der Waals surface area contributed by atoms with Gasteiger partial charge in [-0.15, -0.1) is 0 Å². The molecule has 3 aliphatic rings. The lowest BCUT2D eigenvalue weighted by Gasteiger charge is -2.32. The van der Waals surface area contributed by atoms with Crippen LogP contribution in [0.15, 0.2) is 24.3 Å². The third-order valence-corrected chi connectivity index (χ3v) is 5.66. The highest BCUT2D eigenvalue weighted by Crippen LogP contribution is 2.25. The van der Waals surface area contributed by atoms with Gasteiger partial charge in [-0.25, -0.2) is 9.59 Å². The fourth-order valence-electron chi connectivity index (χ4n) is 4.10. The van der Waals surface area contributed by atoms with Crippen LogP contribution in [0.1, 0.15) is 59.2 Å². The lowest BCUT2D eigenvalue weighted by Crippen LogP contribution is -2.50. The number of urea groups is 1. The summed E-state index contributed by atoms with van der Waals surface area (Å²) in [6.07, 6.45) is 5.45. The Hall–Kier alpha value is -2.90. The minimum Gasteiger partial charge on any atom is -0.335 e. The van der Waals surface area contributed by atoms with Gasteiger partial charge in [0.15, 0.2) is 0 Å². The Morgan fingerprint density at radius 1 is 0.964 bits per heavy atom. The zero-order valence-corrected chi connectivity index (χ0v) is 15.6. The molecule has 0 bridgehead atoms. The monoisotopic (exact) mass is 385 g/mol. The number of amides is 4. The predicted octanol–water partition coefficient (Wildman–Crippen LogP) is 2.10. The third kappa shape index (κ3) is 3.46. The van der Waals surface area contributed by atoms with Crippen LogP contribution in [-0.4, -0.2) is 52.9 Å². The highest BCUT2D eigenvalue weighted by molar-refractivity contribution is 6.20. The molecular formula is C20H23N3O5. The fraction of sp³-hybridized carbons (Fsp3) is 0.500. The first-order valence-electron chi connectivity index (χ1n) is 9.79. The van der Waals surface area contributed by atoms with Gasteiger partial charge in [-0.2, -0.15) is 0 Å². The van der Waals surface area contributed by atoms with E-state index < -0.39 is 23.7 Å².